The summed E-state index contributed by atoms with van der Waals surface area (Å²) in [5, 5.41) is 9.34. The third-order valence-electron chi connectivity index (χ3n) is 5.40. The van der Waals surface area contributed by atoms with Crippen LogP contribution in [-0.4, -0.2) is 44.7 Å². The van der Waals surface area contributed by atoms with Gasteiger partial charge in [-0.1, -0.05) is 18.2 Å². The normalized spacial score (nSPS) is 17.4. The monoisotopic (exact) mass is 332 g/mol. The molecule has 0 saturated carbocycles. The zero-order valence-corrected chi connectivity index (χ0v) is 14.8. The van der Waals surface area contributed by atoms with Crippen molar-refractivity contribution in [3.63, 3.8) is 0 Å². The number of para-hydroxylation sites is 1. The van der Waals surface area contributed by atoms with E-state index in [-0.39, 0.29) is 0 Å². The molecule has 2 aromatic rings. The van der Waals surface area contributed by atoms with Crippen LogP contribution in [0.15, 0.2) is 42.5 Å². The van der Waals surface area contributed by atoms with Crippen molar-refractivity contribution < 1.29 is 0 Å². The highest BCUT2D eigenvalue weighted by Crippen LogP contribution is 2.37. The van der Waals surface area contributed by atoms with Crippen molar-refractivity contribution in [2.75, 3.05) is 49.6 Å². The summed E-state index contributed by atoms with van der Waals surface area (Å²) in [5.41, 5.74) is 6.35. The second-order valence-electron chi connectivity index (χ2n) is 6.98. The summed E-state index contributed by atoms with van der Waals surface area (Å²) >= 11 is 0. The topological polar surface area (TPSA) is 33.5 Å². The minimum absolute atomic E-state index is 0.387. The molecule has 2 aliphatic rings. The quantitative estimate of drug-likeness (QED) is 0.791. The molecule has 0 aliphatic carbocycles. The number of fused-ring (bicyclic) bond motifs is 2. The molecule has 0 amide bonds. The maximum Gasteiger partial charge on any atom is 0.110 e. The van der Waals surface area contributed by atoms with Crippen LogP contribution in [0, 0.1) is 11.3 Å². The highest BCUT2D eigenvalue weighted by molar-refractivity contribution is 5.74. The molecule has 0 bridgehead atoms. The van der Waals surface area contributed by atoms with E-state index < -0.39 is 0 Å². The number of hydrogen-bond acceptors (Lipinski definition) is 4. The van der Waals surface area contributed by atoms with Crippen molar-refractivity contribution in [3.8, 4) is 6.07 Å². The minimum atomic E-state index is 0.387. The average molecular weight is 332 g/mol. The average Bonchev–Trinajstić information content (AvgIpc) is 2.80. The van der Waals surface area contributed by atoms with Gasteiger partial charge in [0.05, 0.1) is 6.07 Å². The number of rotatable bonds is 2. The minimum Gasteiger partial charge on any atom is -0.369 e. The number of benzene rings is 2. The van der Waals surface area contributed by atoms with E-state index in [4.69, 9.17) is 0 Å². The van der Waals surface area contributed by atoms with Crippen LogP contribution in [0.1, 0.15) is 11.1 Å². The fraction of sp³-hybridized carbons (Fsp3) is 0.381. The van der Waals surface area contributed by atoms with Gasteiger partial charge in [-0.25, -0.2) is 0 Å². The first kappa shape index (κ1) is 16.0. The molecule has 0 aromatic heterocycles. The summed E-state index contributed by atoms with van der Waals surface area (Å²) in [6.45, 7) is 4.78. The van der Waals surface area contributed by atoms with Crippen molar-refractivity contribution in [2.24, 2.45) is 0 Å². The fourth-order valence-corrected chi connectivity index (χ4v) is 3.92. The van der Waals surface area contributed by atoms with Gasteiger partial charge in [-0.05, 0) is 55.3 Å². The standard InChI is InChI=1S/C21H24N4/c1-23-12-14-24(15-13-23)19-8-9-21-18(16-19)7-6-17-4-2-3-5-20(17)25(21)11-10-22/h2-5,8-9,16H,6-7,11-15H2,1H3. The Balaban J connectivity index is 1.70. The molecular weight excluding hydrogens is 308 g/mol. The maximum atomic E-state index is 9.34. The molecule has 0 spiro atoms. The lowest BCUT2D eigenvalue weighted by Gasteiger charge is -2.34. The van der Waals surface area contributed by atoms with Crippen LogP contribution in [0.25, 0.3) is 0 Å². The molecule has 128 valence electrons. The fourth-order valence-electron chi connectivity index (χ4n) is 3.92. The molecule has 1 saturated heterocycles. The summed E-state index contributed by atoms with van der Waals surface area (Å²) in [6, 6.07) is 17.6. The Bertz CT molecular complexity index is 800. The Kier molecular flexibility index (Phi) is 4.33. The summed E-state index contributed by atoms with van der Waals surface area (Å²) in [7, 11) is 2.19. The first-order valence-corrected chi connectivity index (χ1v) is 9.05. The molecule has 4 heteroatoms. The van der Waals surface area contributed by atoms with E-state index in [1.807, 2.05) is 0 Å². The van der Waals surface area contributed by atoms with E-state index in [9.17, 15) is 5.26 Å². The van der Waals surface area contributed by atoms with E-state index in [2.05, 4.69) is 70.3 Å². The van der Waals surface area contributed by atoms with Gasteiger partial charge < -0.3 is 14.7 Å². The Hall–Kier alpha value is -2.51. The number of hydrogen-bond donors (Lipinski definition) is 0. The third-order valence-corrected chi connectivity index (χ3v) is 5.40. The van der Waals surface area contributed by atoms with E-state index in [0.29, 0.717) is 6.54 Å². The molecular formula is C21H24N4. The number of piperazine rings is 1. The number of nitriles is 1. The molecule has 0 radical (unpaired) electrons. The van der Waals surface area contributed by atoms with E-state index in [1.165, 1.54) is 28.2 Å². The highest BCUT2D eigenvalue weighted by atomic mass is 15.2. The third kappa shape index (κ3) is 3.08. The van der Waals surface area contributed by atoms with Crippen LogP contribution >= 0.6 is 0 Å². The van der Waals surface area contributed by atoms with Crippen molar-refractivity contribution in [3.05, 3.63) is 53.6 Å². The van der Waals surface area contributed by atoms with Gasteiger partial charge in [0.15, 0.2) is 0 Å². The van der Waals surface area contributed by atoms with Crippen molar-refractivity contribution in [1.82, 2.24) is 4.90 Å². The first-order valence-electron chi connectivity index (χ1n) is 9.05. The molecule has 4 rings (SSSR count). The predicted octanol–water partition coefficient (Wildman–Crippen LogP) is 3.20. The highest BCUT2D eigenvalue weighted by Gasteiger charge is 2.22. The van der Waals surface area contributed by atoms with E-state index in [0.717, 1.165) is 39.0 Å². The van der Waals surface area contributed by atoms with Crippen molar-refractivity contribution >= 4 is 17.1 Å². The van der Waals surface area contributed by atoms with Gasteiger partial charge in [0.25, 0.3) is 0 Å². The van der Waals surface area contributed by atoms with Crippen molar-refractivity contribution in [2.45, 2.75) is 12.8 Å². The van der Waals surface area contributed by atoms with Crippen LogP contribution in [0.5, 0.6) is 0 Å². The summed E-state index contributed by atoms with van der Waals surface area (Å²) in [6.07, 6.45) is 2.05. The van der Waals surface area contributed by atoms with Crippen molar-refractivity contribution in [1.29, 1.82) is 5.26 Å². The molecule has 0 N–H and O–H groups in total. The summed E-state index contributed by atoms with van der Waals surface area (Å²) in [5.74, 6) is 0. The zero-order valence-electron chi connectivity index (χ0n) is 14.8. The maximum absolute atomic E-state index is 9.34. The second-order valence-corrected chi connectivity index (χ2v) is 6.98. The Labute approximate surface area is 149 Å². The van der Waals surface area contributed by atoms with Crippen LogP contribution in [0.2, 0.25) is 0 Å². The SMILES string of the molecule is CN1CCN(c2ccc3c(c2)CCc2ccccc2N3CC#N)CC1. The predicted molar refractivity (Wildman–Crippen MR) is 103 cm³/mol. The molecule has 2 heterocycles. The van der Waals surface area contributed by atoms with Gasteiger partial charge in [-0.15, -0.1) is 0 Å². The smallest absolute Gasteiger partial charge is 0.110 e. The molecule has 2 aliphatic heterocycles. The number of nitrogens with zero attached hydrogens (tertiary/aromatic N) is 4. The van der Waals surface area contributed by atoms with Gasteiger partial charge in [0.1, 0.15) is 6.54 Å². The number of likely N-dealkylation sites (N-methyl/N-ethyl adjacent to an activating group) is 1. The second kappa shape index (κ2) is 6.78. The van der Waals surface area contributed by atoms with Gasteiger partial charge in [-0.2, -0.15) is 5.26 Å². The largest absolute Gasteiger partial charge is 0.369 e. The Morgan fingerprint density at radius 3 is 2.44 bits per heavy atom. The van der Waals surface area contributed by atoms with Gasteiger partial charge in [-0.3, -0.25) is 0 Å². The lowest BCUT2D eigenvalue weighted by molar-refractivity contribution is 0.313. The summed E-state index contributed by atoms with van der Waals surface area (Å²) < 4.78 is 0. The molecule has 0 unspecified atom stereocenters. The summed E-state index contributed by atoms with van der Waals surface area (Å²) in [4.78, 5) is 7.03. The number of anilines is 3. The van der Waals surface area contributed by atoms with E-state index in [1.54, 1.807) is 0 Å². The zero-order chi connectivity index (χ0) is 17.2. The van der Waals surface area contributed by atoms with Gasteiger partial charge in [0, 0.05) is 43.2 Å². The van der Waals surface area contributed by atoms with Gasteiger partial charge >= 0.3 is 0 Å². The van der Waals surface area contributed by atoms with Crippen LogP contribution in [0.3, 0.4) is 0 Å². The molecule has 4 nitrogen and oxygen atoms in total. The molecule has 0 atom stereocenters. The lowest BCUT2D eigenvalue weighted by atomic mass is 10.0. The van der Waals surface area contributed by atoms with Crippen LogP contribution < -0.4 is 9.80 Å². The first-order chi connectivity index (χ1) is 12.3. The molecule has 1 fully saturated rings. The lowest BCUT2D eigenvalue weighted by Crippen LogP contribution is -2.44. The van der Waals surface area contributed by atoms with E-state index >= 15 is 0 Å². The Morgan fingerprint density at radius 1 is 0.920 bits per heavy atom. The molecule has 25 heavy (non-hydrogen) atoms. The van der Waals surface area contributed by atoms with Crippen LogP contribution in [0.4, 0.5) is 17.1 Å². The number of aryl methyl sites for hydroxylation is 2. The van der Waals surface area contributed by atoms with Gasteiger partial charge in [0.2, 0.25) is 0 Å². The van der Waals surface area contributed by atoms with Crippen LogP contribution in [-0.2, 0) is 12.8 Å². The Morgan fingerprint density at radius 2 is 1.64 bits per heavy atom. The molecule has 2 aromatic carbocycles.